The van der Waals surface area contributed by atoms with Gasteiger partial charge < -0.3 is 15.4 Å². The Morgan fingerprint density at radius 3 is 2.50 bits per heavy atom. The van der Waals surface area contributed by atoms with E-state index >= 15 is 0 Å². The largest absolute Gasteiger partial charge is 0.381 e. The van der Waals surface area contributed by atoms with Gasteiger partial charge in [-0.05, 0) is 39.0 Å². The topological polar surface area (TPSA) is 45.7 Å². The summed E-state index contributed by atoms with van der Waals surface area (Å²) < 4.78 is 5.55. The first-order valence-electron chi connectivity index (χ1n) is 6.46. The first-order valence-corrected chi connectivity index (χ1v) is 6.46. The Labute approximate surface area is 98.9 Å². The molecule has 0 atom stereocenters. The average Bonchev–Trinajstić information content (AvgIpc) is 3.07. The van der Waals surface area contributed by atoms with Crippen LogP contribution in [0.15, 0.2) is 4.99 Å². The van der Waals surface area contributed by atoms with E-state index in [2.05, 4.69) is 29.5 Å². The van der Waals surface area contributed by atoms with Crippen LogP contribution in [0.5, 0.6) is 0 Å². The van der Waals surface area contributed by atoms with Crippen LogP contribution in [0.25, 0.3) is 0 Å². The van der Waals surface area contributed by atoms with Gasteiger partial charge in [0.1, 0.15) is 0 Å². The molecule has 0 aromatic heterocycles. The molecule has 2 N–H and O–H groups in total. The van der Waals surface area contributed by atoms with Crippen molar-refractivity contribution >= 4 is 5.96 Å². The van der Waals surface area contributed by atoms with Crippen LogP contribution in [-0.4, -0.2) is 38.8 Å². The summed E-state index contributed by atoms with van der Waals surface area (Å²) in [6.45, 7) is 8.59. The number of hydrogen-bond donors (Lipinski definition) is 2. The molecule has 1 rings (SSSR count). The van der Waals surface area contributed by atoms with Crippen molar-refractivity contribution in [2.45, 2.75) is 33.1 Å². The quantitative estimate of drug-likeness (QED) is 0.374. The van der Waals surface area contributed by atoms with E-state index in [1.807, 2.05) is 0 Å². The van der Waals surface area contributed by atoms with Gasteiger partial charge in [-0.2, -0.15) is 0 Å². The molecule has 0 saturated heterocycles. The minimum Gasteiger partial charge on any atom is -0.381 e. The van der Waals surface area contributed by atoms with Crippen LogP contribution in [0.3, 0.4) is 0 Å². The van der Waals surface area contributed by atoms with Gasteiger partial charge in [0, 0.05) is 32.8 Å². The molecule has 0 spiro atoms. The molecule has 1 fully saturated rings. The van der Waals surface area contributed by atoms with Gasteiger partial charge in [-0.1, -0.05) is 0 Å². The van der Waals surface area contributed by atoms with Gasteiger partial charge in [-0.25, -0.2) is 0 Å². The maximum atomic E-state index is 5.55. The Balaban J connectivity index is 1.97. The fourth-order valence-corrected chi connectivity index (χ4v) is 1.40. The summed E-state index contributed by atoms with van der Waals surface area (Å²) in [5.41, 5.74) is 0. The van der Waals surface area contributed by atoms with E-state index in [1.165, 1.54) is 12.8 Å². The molecular weight excluding hydrogens is 202 g/mol. The third-order valence-corrected chi connectivity index (χ3v) is 2.46. The minimum absolute atomic E-state index is 0.833. The normalized spacial score (nSPS) is 14.6. The summed E-state index contributed by atoms with van der Waals surface area (Å²) in [6.07, 6.45) is 3.74. The standard InChI is InChI=1S/C12H25N3O/c1-3-13-12(14-4-2)15-8-5-9-16-10-11-6-7-11/h11H,3-10H2,1-2H3,(H2,13,14,15). The Kier molecular flexibility index (Phi) is 6.97. The second-order valence-electron chi connectivity index (χ2n) is 4.16. The van der Waals surface area contributed by atoms with Crippen LogP contribution in [0.4, 0.5) is 0 Å². The number of rotatable bonds is 8. The zero-order valence-electron chi connectivity index (χ0n) is 10.6. The molecule has 0 aliphatic heterocycles. The van der Waals surface area contributed by atoms with Crippen molar-refractivity contribution in [3.05, 3.63) is 0 Å². The molecule has 0 aromatic rings. The van der Waals surface area contributed by atoms with E-state index in [0.717, 1.165) is 51.1 Å². The molecule has 0 unspecified atom stereocenters. The molecule has 16 heavy (non-hydrogen) atoms. The van der Waals surface area contributed by atoms with Crippen LogP contribution in [0.2, 0.25) is 0 Å². The van der Waals surface area contributed by atoms with E-state index < -0.39 is 0 Å². The summed E-state index contributed by atoms with van der Waals surface area (Å²) in [4.78, 5) is 4.45. The van der Waals surface area contributed by atoms with Crippen molar-refractivity contribution in [3.8, 4) is 0 Å². The molecule has 0 radical (unpaired) electrons. The summed E-state index contributed by atoms with van der Waals surface area (Å²) in [7, 11) is 0. The predicted molar refractivity (Wildman–Crippen MR) is 67.8 cm³/mol. The second kappa shape index (κ2) is 8.39. The van der Waals surface area contributed by atoms with E-state index in [1.54, 1.807) is 0 Å². The van der Waals surface area contributed by atoms with Crippen molar-refractivity contribution in [1.29, 1.82) is 0 Å². The molecule has 0 heterocycles. The minimum atomic E-state index is 0.833. The Bertz CT molecular complexity index is 194. The summed E-state index contributed by atoms with van der Waals surface area (Å²) in [5.74, 6) is 1.77. The molecule has 0 amide bonds. The number of nitrogens with one attached hydrogen (secondary N) is 2. The van der Waals surface area contributed by atoms with Crippen molar-refractivity contribution in [3.63, 3.8) is 0 Å². The lowest BCUT2D eigenvalue weighted by atomic mass is 10.4. The highest BCUT2D eigenvalue weighted by atomic mass is 16.5. The number of ether oxygens (including phenoxy) is 1. The van der Waals surface area contributed by atoms with Crippen LogP contribution in [0.1, 0.15) is 33.1 Å². The molecule has 0 aromatic carbocycles. The van der Waals surface area contributed by atoms with Gasteiger partial charge in [-0.15, -0.1) is 0 Å². The Morgan fingerprint density at radius 1 is 1.25 bits per heavy atom. The maximum Gasteiger partial charge on any atom is 0.191 e. The lowest BCUT2D eigenvalue weighted by Gasteiger charge is -2.08. The van der Waals surface area contributed by atoms with Gasteiger partial charge in [0.25, 0.3) is 0 Å². The molecular formula is C12H25N3O. The lowest BCUT2D eigenvalue weighted by Crippen LogP contribution is -2.37. The fourth-order valence-electron chi connectivity index (χ4n) is 1.40. The molecule has 1 aliphatic rings. The molecule has 4 heteroatoms. The SMILES string of the molecule is CCNC(=NCCCOCC1CC1)NCC. The van der Waals surface area contributed by atoms with Crippen molar-refractivity contribution < 1.29 is 4.74 Å². The maximum absolute atomic E-state index is 5.55. The lowest BCUT2D eigenvalue weighted by molar-refractivity contribution is 0.123. The zero-order chi connectivity index (χ0) is 11.6. The number of aliphatic imine (C=N–C) groups is 1. The van der Waals surface area contributed by atoms with Gasteiger partial charge in [-0.3, -0.25) is 4.99 Å². The zero-order valence-corrected chi connectivity index (χ0v) is 10.6. The van der Waals surface area contributed by atoms with Crippen molar-refractivity contribution in [2.75, 3.05) is 32.8 Å². The molecule has 94 valence electrons. The third-order valence-electron chi connectivity index (χ3n) is 2.46. The number of nitrogens with zero attached hydrogens (tertiary/aromatic N) is 1. The number of hydrogen-bond acceptors (Lipinski definition) is 2. The highest BCUT2D eigenvalue weighted by Crippen LogP contribution is 2.28. The van der Waals surface area contributed by atoms with E-state index in [0.29, 0.717) is 0 Å². The van der Waals surface area contributed by atoms with Crippen LogP contribution in [0, 0.1) is 5.92 Å². The van der Waals surface area contributed by atoms with Crippen LogP contribution < -0.4 is 10.6 Å². The molecule has 1 saturated carbocycles. The number of guanidine groups is 1. The van der Waals surface area contributed by atoms with Crippen LogP contribution >= 0.6 is 0 Å². The second-order valence-corrected chi connectivity index (χ2v) is 4.16. The smallest absolute Gasteiger partial charge is 0.191 e. The first-order chi connectivity index (χ1) is 7.86. The molecule has 4 nitrogen and oxygen atoms in total. The van der Waals surface area contributed by atoms with E-state index in [4.69, 9.17) is 4.74 Å². The van der Waals surface area contributed by atoms with Crippen LogP contribution in [-0.2, 0) is 4.74 Å². The Morgan fingerprint density at radius 2 is 1.94 bits per heavy atom. The summed E-state index contributed by atoms with van der Waals surface area (Å²) >= 11 is 0. The molecule has 1 aliphatic carbocycles. The van der Waals surface area contributed by atoms with E-state index in [9.17, 15) is 0 Å². The summed E-state index contributed by atoms with van der Waals surface area (Å²) in [5, 5.41) is 6.40. The monoisotopic (exact) mass is 227 g/mol. The highest BCUT2D eigenvalue weighted by Gasteiger charge is 2.20. The van der Waals surface area contributed by atoms with E-state index in [-0.39, 0.29) is 0 Å². The Hall–Kier alpha value is -0.770. The van der Waals surface area contributed by atoms with Gasteiger partial charge in [0.15, 0.2) is 5.96 Å². The predicted octanol–water partition coefficient (Wildman–Crippen LogP) is 1.38. The van der Waals surface area contributed by atoms with Gasteiger partial charge >= 0.3 is 0 Å². The van der Waals surface area contributed by atoms with Crippen molar-refractivity contribution in [1.82, 2.24) is 10.6 Å². The first kappa shape index (κ1) is 13.3. The summed E-state index contributed by atoms with van der Waals surface area (Å²) in [6, 6.07) is 0. The third kappa shape index (κ3) is 6.67. The van der Waals surface area contributed by atoms with Crippen molar-refractivity contribution in [2.24, 2.45) is 10.9 Å². The van der Waals surface area contributed by atoms with Gasteiger partial charge in [0.2, 0.25) is 0 Å². The highest BCUT2D eigenvalue weighted by molar-refractivity contribution is 5.79. The molecule has 0 bridgehead atoms. The van der Waals surface area contributed by atoms with Gasteiger partial charge in [0.05, 0.1) is 0 Å². The fraction of sp³-hybridized carbons (Fsp3) is 0.917. The average molecular weight is 227 g/mol.